The molecule has 0 fully saturated rings. The summed E-state index contributed by atoms with van der Waals surface area (Å²) in [5.74, 6) is -0.578. The van der Waals surface area contributed by atoms with Crippen LogP contribution in [0.2, 0.25) is 0 Å². The van der Waals surface area contributed by atoms with Crippen LogP contribution in [0.3, 0.4) is 0 Å². The summed E-state index contributed by atoms with van der Waals surface area (Å²) in [5.41, 5.74) is 11.2. The third-order valence-electron chi connectivity index (χ3n) is 1.85. The van der Waals surface area contributed by atoms with Crippen LogP contribution in [-0.2, 0) is 0 Å². The molecule has 1 aromatic carbocycles. The number of nitrogens with zero attached hydrogens (tertiary/aromatic N) is 2. The summed E-state index contributed by atoms with van der Waals surface area (Å²) in [6, 6.07) is 3.87. The lowest BCUT2D eigenvalue weighted by Gasteiger charge is -2.09. The van der Waals surface area contributed by atoms with Crippen LogP contribution in [-0.4, -0.2) is 18.5 Å². The van der Waals surface area contributed by atoms with Crippen LogP contribution >= 0.6 is 0 Å². The fourth-order valence-electron chi connectivity index (χ4n) is 1.11. The Labute approximate surface area is 101 Å². The zero-order chi connectivity index (χ0) is 13.8. The summed E-state index contributed by atoms with van der Waals surface area (Å²) in [6.07, 6.45) is -3.50. The van der Waals surface area contributed by atoms with Crippen LogP contribution in [0.5, 0.6) is 5.75 Å². The first-order valence-electron chi connectivity index (χ1n) is 4.76. The average molecular weight is 260 g/mol. The maximum absolute atomic E-state index is 12.0. The van der Waals surface area contributed by atoms with E-state index in [1.54, 1.807) is 6.92 Å². The number of hydrogen-bond donors (Lipinski definition) is 2. The molecule has 0 radical (unpaired) electrons. The molecule has 8 heteroatoms. The molecule has 0 aliphatic heterocycles. The molecule has 0 amide bonds. The Morgan fingerprint density at radius 2 is 2.00 bits per heavy atom. The van der Waals surface area contributed by atoms with Gasteiger partial charge in [-0.15, -0.1) is 18.3 Å². The predicted octanol–water partition coefficient (Wildman–Crippen LogP) is 1.50. The molecule has 18 heavy (non-hydrogen) atoms. The predicted molar refractivity (Wildman–Crippen MR) is 61.3 cm³/mol. The van der Waals surface area contributed by atoms with Gasteiger partial charge in [-0.2, -0.15) is 5.10 Å². The molecule has 0 saturated heterocycles. The van der Waals surface area contributed by atoms with Crippen molar-refractivity contribution in [3.63, 3.8) is 0 Å². The molecule has 1 aromatic rings. The summed E-state index contributed by atoms with van der Waals surface area (Å²) < 4.78 is 39.8. The highest BCUT2D eigenvalue weighted by molar-refractivity contribution is 5.83. The van der Waals surface area contributed by atoms with Gasteiger partial charge in [-0.1, -0.05) is 6.07 Å². The number of guanidine groups is 1. The zero-order valence-corrected chi connectivity index (χ0v) is 9.40. The number of aryl methyl sites for hydroxylation is 1. The fraction of sp³-hybridized carbons (Fsp3) is 0.200. The summed E-state index contributed by atoms with van der Waals surface area (Å²) in [5, 5.41) is 6.86. The number of halogens is 3. The molecule has 0 heterocycles. The van der Waals surface area contributed by atoms with Crippen molar-refractivity contribution in [2.75, 3.05) is 0 Å². The van der Waals surface area contributed by atoms with E-state index in [-0.39, 0.29) is 11.7 Å². The van der Waals surface area contributed by atoms with Crippen LogP contribution in [0.25, 0.3) is 0 Å². The minimum absolute atomic E-state index is 0.244. The van der Waals surface area contributed by atoms with E-state index in [1.807, 2.05) is 0 Å². The number of benzene rings is 1. The summed E-state index contributed by atoms with van der Waals surface area (Å²) in [6.45, 7) is 1.70. The highest BCUT2D eigenvalue weighted by atomic mass is 19.4. The van der Waals surface area contributed by atoms with Gasteiger partial charge in [0.15, 0.2) is 0 Å². The SMILES string of the molecule is Cc1ccc(OC(F)(F)F)cc1C=NN=C(N)N. The van der Waals surface area contributed by atoms with Crippen molar-refractivity contribution >= 4 is 12.2 Å². The van der Waals surface area contributed by atoms with Crippen molar-refractivity contribution in [3.8, 4) is 5.75 Å². The molecule has 0 spiro atoms. The van der Waals surface area contributed by atoms with E-state index in [0.717, 1.165) is 0 Å². The number of rotatable bonds is 3. The topological polar surface area (TPSA) is 86.0 Å². The number of nitrogens with two attached hydrogens (primary N) is 2. The Hall–Kier alpha value is -2.25. The third kappa shape index (κ3) is 4.73. The first-order valence-corrected chi connectivity index (χ1v) is 4.76. The van der Waals surface area contributed by atoms with Crippen molar-refractivity contribution in [1.82, 2.24) is 0 Å². The molecule has 0 atom stereocenters. The maximum atomic E-state index is 12.0. The molecule has 4 N–H and O–H groups in total. The lowest BCUT2D eigenvalue weighted by Crippen LogP contribution is -2.21. The van der Waals surface area contributed by atoms with Crippen molar-refractivity contribution in [2.45, 2.75) is 13.3 Å². The molecular formula is C10H11F3N4O. The quantitative estimate of drug-likeness (QED) is 0.490. The first-order chi connectivity index (χ1) is 8.28. The summed E-state index contributed by atoms with van der Waals surface area (Å²) in [7, 11) is 0. The van der Waals surface area contributed by atoms with Crippen molar-refractivity contribution in [3.05, 3.63) is 29.3 Å². The number of hydrogen-bond acceptors (Lipinski definition) is 3. The minimum Gasteiger partial charge on any atom is -0.406 e. The monoisotopic (exact) mass is 260 g/mol. The fourth-order valence-corrected chi connectivity index (χ4v) is 1.11. The Balaban J connectivity index is 2.95. The van der Waals surface area contributed by atoms with Gasteiger partial charge in [0.25, 0.3) is 0 Å². The van der Waals surface area contributed by atoms with Gasteiger partial charge in [-0.05, 0) is 24.6 Å². The highest BCUT2D eigenvalue weighted by Gasteiger charge is 2.31. The van der Waals surface area contributed by atoms with Gasteiger partial charge in [0.05, 0.1) is 6.21 Å². The molecule has 0 aromatic heterocycles. The summed E-state index contributed by atoms with van der Waals surface area (Å²) >= 11 is 0. The molecule has 1 rings (SSSR count). The second-order valence-electron chi connectivity index (χ2n) is 3.34. The number of ether oxygens (including phenoxy) is 1. The van der Waals surface area contributed by atoms with E-state index >= 15 is 0 Å². The van der Waals surface area contributed by atoms with E-state index in [2.05, 4.69) is 14.9 Å². The van der Waals surface area contributed by atoms with Crippen LogP contribution in [0.15, 0.2) is 28.4 Å². The van der Waals surface area contributed by atoms with Gasteiger partial charge in [-0.25, -0.2) is 0 Å². The van der Waals surface area contributed by atoms with Crippen molar-refractivity contribution in [2.24, 2.45) is 21.7 Å². The van der Waals surface area contributed by atoms with E-state index in [4.69, 9.17) is 11.5 Å². The zero-order valence-electron chi connectivity index (χ0n) is 9.40. The lowest BCUT2D eigenvalue weighted by atomic mass is 10.1. The molecule has 0 bridgehead atoms. The second-order valence-corrected chi connectivity index (χ2v) is 3.34. The largest absolute Gasteiger partial charge is 0.573 e. The van der Waals surface area contributed by atoms with E-state index < -0.39 is 6.36 Å². The highest BCUT2D eigenvalue weighted by Crippen LogP contribution is 2.24. The third-order valence-corrected chi connectivity index (χ3v) is 1.85. The van der Waals surface area contributed by atoms with Crippen LogP contribution in [0.4, 0.5) is 13.2 Å². The van der Waals surface area contributed by atoms with Gasteiger partial charge in [0, 0.05) is 5.56 Å². The van der Waals surface area contributed by atoms with E-state index in [1.165, 1.54) is 24.4 Å². The van der Waals surface area contributed by atoms with Gasteiger partial charge >= 0.3 is 6.36 Å². The molecule has 0 aliphatic carbocycles. The smallest absolute Gasteiger partial charge is 0.406 e. The Bertz CT molecular complexity index is 479. The molecule has 5 nitrogen and oxygen atoms in total. The minimum atomic E-state index is -4.73. The van der Waals surface area contributed by atoms with Gasteiger partial charge in [0.2, 0.25) is 5.96 Å². The van der Waals surface area contributed by atoms with Crippen molar-refractivity contribution in [1.29, 1.82) is 0 Å². The van der Waals surface area contributed by atoms with E-state index in [9.17, 15) is 13.2 Å². The maximum Gasteiger partial charge on any atom is 0.573 e. The lowest BCUT2D eigenvalue weighted by molar-refractivity contribution is -0.274. The molecular weight excluding hydrogens is 249 g/mol. The van der Waals surface area contributed by atoms with Crippen LogP contribution in [0.1, 0.15) is 11.1 Å². The molecule has 0 unspecified atom stereocenters. The van der Waals surface area contributed by atoms with Gasteiger partial charge < -0.3 is 16.2 Å². The van der Waals surface area contributed by atoms with Gasteiger partial charge in [0.1, 0.15) is 5.75 Å². The van der Waals surface area contributed by atoms with E-state index in [0.29, 0.717) is 11.1 Å². The summed E-state index contributed by atoms with van der Waals surface area (Å²) in [4.78, 5) is 0. The van der Waals surface area contributed by atoms with Gasteiger partial charge in [-0.3, -0.25) is 0 Å². The Morgan fingerprint density at radius 3 is 2.56 bits per heavy atom. The van der Waals surface area contributed by atoms with Crippen molar-refractivity contribution < 1.29 is 17.9 Å². The molecule has 0 saturated carbocycles. The number of alkyl halides is 3. The average Bonchev–Trinajstić information content (AvgIpc) is 2.20. The normalized spacial score (nSPS) is 11.6. The Kier molecular flexibility index (Phi) is 4.13. The standard InChI is InChI=1S/C10H11F3N4O/c1-6-2-3-8(18-10(11,12)13)4-7(6)5-16-17-9(14)15/h2-5H,1H3,(H4,14,15,17). The first kappa shape index (κ1) is 13.8. The van der Waals surface area contributed by atoms with Crippen LogP contribution in [0, 0.1) is 6.92 Å². The van der Waals surface area contributed by atoms with Crippen LogP contribution < -0.4 is 16.2 Å². The Morgan fingerprint density at radius 1 is 1.33 bits per heavy atom. The molecule has 98 valence electrons. The molecule has 0 aliphatic rings. The second kappa shape index (κ2) is 5.39.